The highest BCUT2D eigenvalue weighted by Crippen LogP contribution is 2.39. The number of fused-ring (bicyclic) bond motifs is 1. The van der Waals surface area contributed by atoms with Gasteiger partial charge in [-0.25, -0.2) is 4.98 Å². The normalized spacial score (nSPS) is 11.1. The minimum absolute atomic E-state index is 0.516. The molecule has 0 atom stereocenters. The van der Waals surface area contributed by atoms with Gasteiger partial charge in [0.25, 0.3) is 0 Å². The maximum absolute atomic E-state index is 6.04. The molecule has 0 fully saturated rings. The lowest BCUT2D eigenvalue weighted by Crippen LogP contribution is -1.79. The van der Waals surface area contributed by atoms with Crippen molar-refractivity contribution in [2.24, 2.45) is 0 Å². The van der Waals surface area contributed by atoms with Crippen LogP contribution in [0.25, 0.3) is 20.5 Å². The molecule has 0 saturated heterocycles. The molecule has 0 radical (unpaired) electrons. The van der Waals surface area contributed by atoms with Crippen LogP contribution in [-0.4, -0.2) is 4.98 Å². The summed E-state index contributed by atoms with van der Waals surface area (Å²) in [6.07, 6.45) is 1.73. The Morgan fingerprint density at radius 3 is 2.72 bits per heavy atom. The van der Waals surface area contributed by atoms with Gasteiger partial charge in [0.05, 0.1) is 0 Å². The van der Waals surface area contributed by atoms with Crippen LogP contribution in [0.3, 0.4) is 0 Å². The average Bonchev–Trinajstić information content (AvgIpc) is 2.67. The van der Waals surface area contributed by atoms with Crippen LogP contribution in [0, 0.1) is 6.92 Å². The van der Waals surface area contributed by atoms with Crippen molar-refractivity contribution < 1.29 is 0 Å². The molecule has 2 aromatic heterocycles. The number of halogens is 2. The summed E-state index contributed by atoms with van der Waals surface area (Å²) in [6, 6.07) is 9.85. The van der Waals surface area contributed by atoms with Crippen molar-refractivity contribution >= 4 is 44.6 Å². The number of benzene rings is 1. The molecular weight excluding hydrogens is 285 g/mol. The Balaban J connectivity index is 2.27. The number of aryl methyl sites for hydroxylation is 1. The number of pyridine rings is 1. The SMILES string of the molecule is Cc1c(-c2ccnc(Cl)c2)sc2ccc(Cl)cc12. The molecular formula is C14H9Cl2NS. The lowest BCUT2D eigenvalue weighted by Gasteiger charge is -1.99. The highest BCUT2D eigenvalue weighted by Gasteiger charge is 2.11. The molecule has 90 valence electrons. The highest BCUT2D eigenvalue weighted by atomic mass is 35.5. The molecule has 3 aromatic rings. The Hall–Kier alpha value is -1.09. The molecule has 0 aliphatic carbocycles. The molecule has 3 rings (SSSR count). The molecule has 18 heavy (non-hydrogen) atoms. The van der Waals surface area contributed by atoms with Crippen LogP contribution in [0.5, 0.6) is 0 Å². The molecule has 0 aliphatic heterocycles. The van der Waals surface area contributed by atoms with Gasteiger partial charge in [0.15, 0.2) is 0 Å². The minimum Gasteiger partial charge on any atom is -0.245 e. The van der Waals surface area contributed by atoms with E-state index in [1.807, 2.05) is 24.3 Å². The Kier molecular flexibility index (Phi) is 3.02. The maximum atomic E-state index is 6.04. The molecule has 0 bridgehead atoms. The van der Waals surface area contributed by atoms with Gasteiger partial charge in [0, 0.05) is 20.8 Å². The minimum atomic E-state index is 0.516. The Morgan fingerprint density at radius 2 is 1.94 bits per heavy atom. The molecule has 4 heteroatoms. The summed E-state index contributed by atoms with van der Waals surface area (Å²) < 4.78 is 1.24. The number of rotatable bonds is 1. The second kappa shape index (κ2) is 4.54. The summed E-state index contributed by atoms with van der Waals surface area (Å²) in [7, 11) is 0. The van der Waals surface area contributed by atoms with Crippen molar-refractivity contribution in [2.45, 2.75) is 6.92 Å². The van der Waals surface area contributed by atoms with Gasteiger partial charge in [-0.1, -0.05) is 23.2 Å². The molecule has 0 unspecified atom stereocenters. The fourth-order valence-corrected chi connectivity index (χ4v) is 3.54. The van der Waals surface area contributed by atoms with E-state index in [2.05, 4.69) is 18.0 Å². The monoisotopic (exact) mass is 293 g/mol. The van der Waals surface area contributed by atoms with Gasteiger partial charge < -0.3 is 0 Å². The van der Waals surface area contributed by atoms with E-state index in [4.69, 9.17) is 23.2 Å². The van der Waals surface area contributed by atoms with E-state index in [0.717, 1.165) is 10.6 Å². The second-order valence-electron chi connectivity index (χ2n) is 4.06. The molecule has 2 heterocycles. The molecule has 1 nitrogen and oxygen atoms in total. The van der Waals surface area contributed by atoms with Gasteiger partial charge in [-0.05, 0) is 53.8 Å². The topological polar surface area (TPSA) is 12.9 Å². The van der Waals surface area contributed by atoms with Crippen LogP contribution in [-0.2, 0) is 0 Å². The fourth-order valence-electron chi connectivity index (χ4n) is 2.01. The molecule has 0 spiro atoms. The van der Waals surface area contributed by atoms with Crippen LogP contribution >= 0.6 is 34.5 Å². The third-order valence-corrected chi connectivity index (χ3v) is 4.65. The summed E-state index contributed by atoms with van der Waals surface area (Å²) in [5, 5.41) is 2.49. The van der Waals surface area contributed by atoms with Gasteiger partial charge in [-0.15, -0.1) is 11.3 Å². The van der Waals surface area contributed by atoms with Gasteiger partial charge in [0.2, 0.25) is 0 Å². The largest absolute Gasteiger partial charge is 0.245 e. The Morgan fingerprint density at radius 1 is 1.11 bits per heavy atom. The first-order chi connectivity index (χ1) is 8.65. The average molecular weight is 294 g/mol. The molecule has 0 saturated carbocycles. The first kappa shape index (κ1) is 12.0. The second-order valence-corrected chi connectivity index (χ2v) is 5.94. The summed E-state index contributed by atoms with van der Waals surface area (Å²) in [6.45, 7) is 2.11. The van der Waals surface area contributed by atoms with Crippen LogP contribution in [0.1, 0.15) is 5.56 Å². The van der Waals surface area contributed by atoms with Crippen LogP contribution in [0.4, 0.5) is 0 Å². The first-order valence-corrected chi connectivity index (χ1v) is 7.03. The predicted molar refractivity (Wildman–Crippen MR) is 79.8 cm³/mol. The smallest absolute Gasteiger partial charge is 0.129 e. The van der Waals surface area contributed by atoms with Crippen molar-refractivity contribution in [3.8, 4) is 10.4 Å². The number of hydrogen-bond acceptors (Lipinski definition) is 2. The summed E-state index contributed by atoms with van der Waals surface area (Å²) in [5.74, 6) is 0. The number of hydrogen-bond donors (Lipinski definition) is 0. The molecule has 0 amide bonds. The summed E-state index contributed by atoms with van der Waals surface area (Å²) >= 11 is 13.7. The zero-order valence-corrected chi connectivity index (χ0v) is 11.9. The molecule has 0 N–H and O–H groups in total. The van der Waals surface area contributed by atoms with E-state index in [1.165, 1.54) is 20.5 Å². The fraction of sp³-hybridized carbons (Fsp3) is 0.0714. The molecule has 1 aromatic carbocycles. The van der Waals surface area contributed by atoms with E-state index < -0.39 is 0 Å². The van der Waals surface area contributed by atoms with Crippen LogP contribution < -0.4 is 0 Å². The lowest BCUT2D eigenvalue weighted by molar-refractivity contribution is 1.33. The van der Waals surface area contributed by atoms with Crippen molar-refractivity contribution in [1.82, 2.24) is 4.98 Å². The highest BCUT2D eigenvalue weighted by molar-refractivity contribution is 7.22. The van der Waals surface area contributed by atoms with Gasteiger partial charge in [-0.3, -0.25) is 0 Å². The first-order valence-electron chi connectivity index (χ1n) is 5.46. The van der Waals surface area contributed by atoms with Crippen molar-refractivity contribution in [3.63, 3.8) is 0 Å². The standard InChI is InChI=1S/C14H9Cl2NS/c1-8-11-7-10(15)2-3-12(11)18-14(8)9-4-5-17-13(16)6-9/h2-7H,1H3. The van der Waals surface area contributed by atoms with Gasteiger partial charge in [0.1, 0.15) is 5.15 Å². The van der Waals surface area contributed by atoms with E-state index in [9.17, 15) is 0 Å². The third-order valence-electron chi connectivity index (χ3n) is 2.89. The predicted octanol–water partition coefficient (Wildman–Crippen LogP) is 5.58. The van der Waals surface area contributed by atoms with Crippen molar-refractivity contribution in [1.29, 1.82) is 0 Å². The van der Waals surface area contributed by atoms with E-state index >= 15 is 0 Å². The van der Waals surface area contributed by atoms with E-state index in [1.54, 1.807) is 17.5 Å². The Bertz CT molecular complexity index is 734. The zero-order valence-electron chi connectivity index (χ0n) is 9.58. The number of nitrogens with zero attached hydrogens (tertiary/aromatic N) is 1. The van der Waals surface area contributed by atoms with Gasteiger partial charge in [-0.2, -0.15) is 0 Å². The zero-order chi connectivity index (χ0) is 12.7. The maximum Gasteiger partial charge on any atom is 0.129 e. The quantitative estimate of drug-likeness (QED) is 0.534. The van der Waals surface area contributed by atoms with Crippen molar-refractivity contribution in [3.05, 3.63) is 52.3 Å². The van der Waals surface area contributed by atoms with Crippen LogP contribution in [0.2, 0.25) is 10.2 Å². The third kappa shape index (κ3) is 2.01. The Labute approximate surface area is 119 Å². The number of thiophene rings is 1. The van der Waals surface area contributed by atoms with E-state index in [0.29, 0.717) is 5.15 Å². The summed E-state index contributed by atoms with van der Waals surface area (Å²) in [4.78, 5) is 5.23. The van der Waals surface area contributed by atoms with Crippen LogP contribution in [0.15, 0.2) is 36.5 Å². The van der Waals surface area contributed by atoms with E-state index in [-0.39, 0.29) is 0 Å². The van der Waals surface area contributed by atoms with Gasteiger partial charge >= 0.3 is 0 Å². The molecule has 0 aliphatic rings. The summed E-state index contributed by atoms with van der Waals surface area (Å²) in [5.41, 5.74) is 2.34. The number of aromatic nitrogens is 1. The lowest BCUT2D eigenvalue weighted by atomic mass is 10.1. The van der Waals surface area contributed by atoms with Crippen molar-refractivity contribution in [2.75, 3.05) is 0 Å².